The van der Waals surface area contributed by atoms with Gasteiger partial charge in [0.25, 0.3) is 5.91 Å². The summed E-state index contributed by atoms with van der Waals surface area (Å²) in [7, 11) is 0. The molecule has 0 atom stereocenters. The summed E-state index contributed by atoms with van der Waals surface area (Å²) in [6.07, 6.45) is 0. The number of halogens is 1. The molecule has 14 heavy (non-hydrogen) atoms. The summed E-state index contributed by atoms with van der Waals surface area (Å²) in [6.45, 7) is 1.82. The van der Waals surface area contributed by atoms with E-state index in [4.69, 9.17) is 10.2 Å². The standard InChI is InChI=1S/C10H8BrNO2/c1-5-7-4-6(11)2-3-8(7)14-9(5)10(12)13/h2-4H,1H3,(H2,12,13). The normalized spacial score (nSPS) is 10.7. The number of aryl methyl sites for hydroxylation is 1. The Hall–Kier alpha value is -1.29. The number of primary amides is 1. The molecule has 0 spiro atoms. The number of carbonyl (C=O) groups excluding carboxylic acids is 1. The van der Waals surface area contributed by atoms with Crippen LogP contribution < -0.4 is 5.73 Å². The summed E-state index contributed by atoms with van der Waals surface area (Å²) in [5.74, 6) is -0.298. The second-order valence-corrected chi connectivity index (χ2v) is 3.98. The molecule has 2 N–H and O–H groups in total. The minimum Gasteiger partial charge on any atom is -0.451 e. The summed E-state index contributed by atoms with van der Waals surface area (Å²) >= 11 is 3.36. The van der Waals surface area contributed by atoms with Gasteiger partial charge in [0.1, 0.15) is 5.58 Å². The Morgan fingerprint density at radius 1 is 1.50 bits per heavy atom. The van der Waals surface area contributed by atoms with Gasteiger partial charge < -0.3 is 10.2 Å². The topological polar surface area (TPSA) is 56.2 Å². The van der Waals surface area contributed by atoms with Crippen LogP contribution in [0.3, 0.4) is 0 Å². The number of hydrogen-bond donors (Lipinski definition) is 1. The fourth-order valence-electron chi connectivity index (χ4n) is 1.43. The Kier molecular flexibility index (Phi) is 2.07. The summed E-state index contributed by atoms with van der Waals surface area (Å²) in [5.41, 5.74) is 6.64. The van der Waals surface area contributed by atoms with Crippen molar-refractivity contribution in [3.63, 3.8) is 0 Å². The Labute approximate surface area is 89.0 Å². The van der Waals surface area contributed by atoms with Gasteiger partial charge in [-0.3, -0.25) is 4.79 Å². The maximum absolute atomic E-state index is 11.0. The predicted octanol–water partition coefficient (Wildman–Crippen LogP) is 2.60. The van der Waals surface area contributed by atoms with Gasteiger partial charge in [0.15, 0.2) is 5.76 Å². The molecule has 0 unspecified atom stereocenters. The van der Waals surface area contributed by atoms with Crippen LogP contribution in [-0.4, -0.2) is 5.91 Å². The average Bonchev–Trinajstić information content (AvgIpc) is 2.44. The van der Waals surface area contributed by atoms with Crippen LogP contribution in [0.4, 0.5) is 0 Å². The largest absolute Gasteiger partial charge is 0.451 e. The molecule has 0 saturated heterocycles. The lowest BCUT2D eigenvalue weighted by molar-refractivity contribution is 0.0975. The first-order chi connectivity index (χ1) is 6.59. The number of fused-ring (bicyclic) bond motifs is 1. The Bertz CT molecular complexity index is 516. The van der Waals surface area contributed by atoms with E-state index in [1.54, 1.807) is 6.07 Å². The zero-order valence-corrected chi connectivity index (χ0v) is 9.09. The summed E-state index contributed by atoms with van der Waals surface area (Å²) < 4.78 is 6.27. The van der Waals surface area contributed by atoms with Gasteiger partial charge in [0.2, 0.25) is 0 Å². The Morgan fingerprint density at radius 3 is 2.86 bits per heavy atom. The first-order valence-electron chi connectivity index (χ1n) is 4.08. The van der Waals surface area contributed by atoms with Crippen molar-refractivity contribution in [3.05, 3.63) is 34.0 Å². The summed E-state index contributed by atoms with van der Waals surface area (Å²) in [4.78, 5) is 11.0. The third-order valence-corrected chi connectivity index (χ3v) is 2.62. The smallest absolute Gasteiger partial charge is 0.284 e. The first kappa shape index (κ1) is 9.27. The van der Waals surface area contributed by atoms with Crippen molar-refractivity contribution in [1.29, 1.82) is 0 Å². The van der Waals surface area contributed by atoms with Crippen molar-refractivity contribution in [2.24, 2.45) is 5.73 Å². The van der Waals surface area contributed by atoms with Gasteiger partial charge in [0, 0.05) is 15.4 Å². The van der Waals surface area contributed by atoms with Crippen molar-refractivity contribution < 1.29 is 9.21 Å². The lowest BCUT2D eigenvalue weighted by Gasteiger charge is -1.90. The van der Waals surface area contributed by atoms with E-state index in [1.807, 2.05) is 19.1 Å². The van der Waals surface area contributed by atoms with Crippen molar-refractivity contribution in [2.75, 3.05) is 0 Å². The summed E-state index contributed by atoms with van der Waals surface area (Å²) in [5, 5.41) is 0.910. The van der Waals surface area contributed by atoms with Gasteiger partial charge in [0.05, 0.1) is 0 Å². The minimum absolute atomic E-state index is 0.234. The lowest BCUT2D eigenvalue weighted by atomic mass is 10.1. The first-order valence-corrected chi connectivity index (χ1v) is 4.87. The molecule has 4 heteroatoms. The van der Waals surface area contributed by atoms with Gasteiger partial charge in [-0.1, -0.05) is 15.9 Å². The van der Waals surface area contributed by atoms with Gasteiger partial charge >= 0.3 is 0 Å². The fourth-order valence-corrected chi connectivity index (χ4v) is 1.79. The molecule has 1 heterocycles. The van der Waals surface area contributed by atoms with E-state index in [9.17, 15) is 4.79 Å². The number of amides is 1. The molecule has 72 valence electrons. The van der Waals surface area contributed by atoms with E-state index in [1.165, 1.54) is 0 Å². The Balaban J connectivity index is 2.80. The van der Waals surface area contributed by atoms with Crippen LogP contribution in [0, 0.1) is 6.92 Å². The van der Waals surface area contributed by atoms with Crippen LogP contribution in [0.2, 0.25) is 0 Å². The second kappa shape index (κ2) is 3.13. The van der Waals surface area contributed by atoms with Crippen LogP contribution in [0.1, 0.15) is 16.1 Å². The predicted molar refractivity (Wildman–Crippen MR) is 57.2 cm³/mol. The van der Waals surface area contributed by atoms with Crippen molar-refractivity contribution >= 4 is 32.8 Å². The van der Waals surface area contributed by atoms with Crippen LogP contribution in [0.25, 0.3) is 11.0 Å². The highest BCUT2D eigenvalue weighted by atomic mass is 79.9. The molecule has 1 aromatic carbocycles. The minimum atomic E-state index is -0.533. The van der Waals surface area contributed by atoms with Gasteiger partial charge in [-0.05, 0) is 25.1 Å². The third kappa shape index (κ3) is 1.32. The quantitative estimate of drug-likeness (QED) is 0.850. The number of benzene rings is 1. The van der Waals surface area contributed by atoms with E-state index in [0.29, 0.717) is 5.58 Å². The second-order valence-electron chi connectivity index (χ2n) is 3.06. The van der Waals surface area contributed by atoms with Crippen LogP contribution >= 0.6 is 15.9 Å². The van der Waals surface area contributed by atoms with Gasteiger partial charge in [-0.2, -0.15) is 0 Å². The highest BCUT2D eigenvalue weighted by Crippen LogP contribution is 2.27. The molecule has 0 fully saturated rings. The van der Waals surface area contributed by atoms with Crippen LogP contribution in [0.5, 0.6) is 0 Å². The third-order valence-electron chi connectivity index (χ3n) is 2.12. The number of hydrogen-bond acceptors (Lipinski definition) is 2. The zero-order valence-electron chi connectivity index (χ0n) is 7.50. The van der Waals surface area contributed by atoms with E-state index >= 15 is 0 Å². The van der Waals surface area contributed by atoms with E-state index in [0.717, 1.165) is 15.4 Å². The molecule has 1 aromatic heterocycles. The molecule has 0 aliphatic carbocycles. The SMILES string of the molecule is Cc1c(C(N)=O)oc2ccc(Br)cc12. The zero-order chi connectivity index (χ0) is 10.3. The molecule has 0 aliphatic heterocycles. The van der Waals surface area contributed by atoms with Gasteiger partial charge in [-0.15, -0.1) is 0 Å². The number of nitrogens with two attached hydrogens (primary N) is 1. The number of carbonyl (C=O) groups is 1. The maximum Gasteiger partial charge on any atom is 0.284 e. The molecular formula is C10H8BrNO2. The average molecular weight is 254 g/mol. The van der Waals surface area contributed by atoms with Crippen molar-refractivity contribution in [3.8, 4) is 0 Å². The molecule has 2 rings (SSSR count). The molecule has 0 aliphatic rings. The van der Waals surface area contributed by atoms with Crippen LogP contribution in [-0.2, 0) is 0 Å². The highest BCUT2D eigenvalue weighted by Gasteiger charge is 2.14. The molecular weight excluding hydrogens is 246 g/mol. The van der Waals surface area contributed by atoms with Crippen molar-refractivity contribution in [1.82, 2.24) is 0 Å². The molecule has 2 aromatic rings. The van der Waals surface area contributed by atoms with E-state index in [-0.39, 0.29) is 5.76 Å². The van der Waals surface area contributed by atoms with Crippen LogP contribution in [0.15, 0.2) is 27.1 Å². The molecule has 1 amide bonds. The monoisotopic (exact) mass is 253 g/mol. The van der Waals surface area contributed by atoms with E-state index < -0.39 is 5.91 Å². The number of furan rings is 1. The lowest BCUT2D eigenvalue weighted by Crippen LogP contribution is -2.10. The molecule has 0 bridgehead atoms. The molecule has 0 radical (unpaired) electrons. The number of rotatable bonds is 1. The highest BCUT2D eigenvalue weighted by molar-refractivity contribution is 9.10. The maximum atomic E-state index is 11.0. The molecule has 3 nitrogen and oxygen atoms in total. The molecule has 0 saturated carbocycles. The van der Waals surface area contributed by atoms with Crippen molar-refractivity contribution in [2.45, 2.75) is 6.92 Å². The summed E-state index contributed by atoms with van der Waals surface area (Å²) in [6, 6.07) is 5.56. The fraction of sp³-hybridized carbons (Fsp3) is 0.100. The van der Waals surface area contributed by atoms with E-state index in [2.05, 4.69) is 15.9 Å². The Morgan fingerprint density at radius 2 is 2.21 bits per heavy atom. The van der Waals surface area contributed by atoms with Gasteiger partial charge in [-0.25, -0.2) is 0 Å².